The number of rotatable bonds is 3. The van der Waals surface area contributed by atoms with E-state index in [2.05, 4.69) is 25.1 Å². The summed E-state index contributed by atoms with van der Waals surface area (Å²) in [5.41, 5.74) is 0.774. The van der Waals surface area contributed by atoms with Crippen molar-refractivity contribution >= 4 is 28.6 Å². The molecule has 3 rings (SSSR count). The van der Waals surface area contributed by atoms with Gasteiger partial charge in [-0.05, 0) is 36.9 Å². The summed E-state index contributed by atoms with van der Waals surface area (Å²) in [5.74, 6) is -0.261. The molecule has 1 aromatic carbocycles. The Balaban J connectivity index is 2.05. The van der Waals surface area contributed by atoms with Gasteiger partial charge in [-0.25, -0.2) is 19.7 Å². The Morgan fingerprint density at radius 3 is 2.90 bits per heavy atom. The first kappa shape index (κ1) is 12.5. The molecule has 0 radical (unpaired) electrons. The maximum Gasteiger partial charge on any atom is 0.335 e. The average molecular weight is 287 g/mol. The fourth-order valence-electron chi connectivity index (χ4n) is 1.70. The molecule has 7 nitrogen and oxygen atoms in total. The molecule has 0 aliphatic rings. The Bertz CT molecular complexity index is 801. The third-order valence-corrected chi connectivity index (χ3v) is 3.50. The molecule has 2 N–H and O–H groups in total. The van der Waals surface area contributed by atoms with E-state index in [-0.39, 0.29) is 5.56 Å². The normalized spacial score (nSPS) is 10.8. The fourth-order valence-corrected chi connectivity index (χ4v) is 2.53. The van der Waals surface area contributed by atoms with Gasteiger partial charge in [0.05, 0.1) is 11.1 Å². The predicted octanol–water partition coefficient (Wildman–Crippen LogP) is 1.91. The lowest BCUT2D eigenvalue weighted by atomic mass is 10.1. The van der Waals surface area contributed by atoms with E-state index < -0.39 is 5.97 Å². The van der Waals surface area contributed by atoms with Gasteiger partial charge in [-0.3, -0.25) is 5.10 Å². The third kappa shape index (κ3) is 2.32. The molecule has 100 valence electrons. The van der Waals surface area contributed by atoms with Crippen LogP contribution in [0.2, 0.25) is 0 Å². The van der Waals surface area contributed by atoms with E-state index in [1.807, 2.05) is 6.92 Å². The summed E-state index contributed by atoms with van der Waals surface area (Å²) in [7, 11) is 0. The number of benzene rings is 1. The highest BCUT2D eigenvalue weighted by Gasteiger charge is 2.11. The smallest absolute Gasteiger partial charge is 0.335 e. The van der Waals surface area contributed by atoms with Crippen LogP contribution in [-0.2, 0) is 0 Å². The predicted molar refractivity (Wildman–Crippen MR) is 71.7 cm³/mol. The molecule has 2 heterocycles. The van der Waals surface area contributed by atoms with Crippen LogP contribution in [0.1, 0.15) is 16.2 Å². The zero-order chi connectivity index (χ0) is 14.1. The molecule has 0 atom stereocenters. The Labute approximate surface area is 117 Å². The van der Waals surface area contributed by atoms with Crippen LogP contribution in [0.5, 0.6) is 0 Å². The quantitative estimate of drug-likeness (QED) is 0.709. The molecule has 0 saturated carbocycles. The molecule has 20 heavy (non-hydrogen) atoms. The molecule has 0 saturated heterocycles. The molecular formula is C12H9N5O2S. The number of aromatic amines is 1. The van der Waals surface area contributed by atoms with Crippen LogP contribution in [0.25, 0.3) is 10.9 Å². The van der Waals surface area contributed by atoms with Crippen LogP contribution in [-0.4, -0.2) is 36.2 Å². The molecule has 0 spiro atoms. The zero-order valence-corrected chi connectivity index (χ0v) is 11.2. The van der Waals surface area contributed by atoms with Gasteiger partial charge in [0.2, 0.25) is 5.16 Å². The van der Waals surface area contributed by atoms with Gasteiger partial charge < -0.3 is 5.11 Å². The van der Waals surface area contributed by atoms with E-state index in [4.69, 9.17) is 5.11 Å². The molecule has 0 amide bonds. The highest BCUT2D eigenvalue weighted by molar-refractivity contribution is 7.99. The Morgan fingerprint density at radius 2 is 2.20 bits per heavy atom. The number of carboxylic acids is 1. The van der Waals surface area contributed by atoms with Gasteiger partial charge in [-0.15, -0.1) is 5.10 Å². The van der Waals surface area contributed by atoms with Gasteiger partial charge in [-0.2, -0.15) is 0 Å². The molecule has 0 aliphatic heterocycles. The fraction of sp³-hybridized carbons (Fsp3) is 0.0833. The second-order valence-electron chi connectivity index (χ2n) is 4.02. The summed E-state index contributed by atoms with van der Waals surface area (Å²) < 4.78 is 0. The second kappa shape index (κ2) is 4.89. The number of fused-ring (bicyclic) bond motifs is 1. The largest absolute Gasteiger partial charge is 0.478 e. The van der Waals surface area contributed by atoms with Crippen molar-refractivity contribution in [3.05, 3.63) is 35.9 Å². The lowest BCUT2D eigenvalue weighted by molar-refractivity contribution is 0.0697. The van der Waals surface area contributed by atoms with Crippen LogP contribution in [0.4, 0.5) is 0 Å². The number of nitrogens with zero attached hydrogens (tertiary/aromatic N) is 4. The Kier molecular flexibility index (Phi) is 3.07. The molecule has 0 aliphatic carbocycles. The van der Waals surface area contributed by atoms with Crippen molar-refractivity contribution in [2.45, 2.75) is 17.1 Å². The maximum atomic E-state index is 11.0. The van der Waals surface area contributed by atoms with Crippen molar-refractivity contribution in [3.63, 3.8) is 0 Å². The first-order valence-corrected chi connectivity index (χ1v) is 6.50. The number of carboxylic acid groups (broad SMARTS) is 1. The topological polar surface area (TPSA) is 105 Å². The summed E-state index contributed by atoms with van der Waals surface area (Å²) in [6.45, 7) is 1.81. The summed E-state index contributed by atoms with van der Waals surface area (Å²) in [6.07, 6.45) is 1.40. The molecule has 0 bridgehead atoms. The highest BCUT2D eigenvalue weighted by Crippen LogP contribution is 2.29. The zero-order valence-electron chi connectivity index (χ0n) is 10.4. The third-order valence-electron chi connectivity index (χ3n) is 2.61. The first-order valence-electron chi connectivity index (χ1n) is 5.68. The molecular weight excluding hydrogens is 278 g/mol. The maximum absolute atomic E-state index is 11.0. The molecule has 3 aromatic rings. The van der Waals surface area contributed by atoms with Crippen molar-refractivity contribution < 1.29 is 9.90 Å². The number of nitrogens with one attached hydrogen (secondary N) is 1. The van der Waals surface area contributed by atoms with Gasteiger partial charge in [-0.1, -0.05) is 0 Å². The van der Waals surface area contributed by atoms with Crippen LogP contribution >= 0.6 is 11.8 Å². The standard InChI is InChI=1S/C12H9N5O2S/c1-6-15-12(17-16-6)20-10-8-3-2-7(11(18)19)4-9(8)13-5-14-10/h2-5H,1H3,(H,18,19)(H,15,16,17). The van der Waals surface area contributed by atoms with Gasteiger partial charge in [0.15, 0.2) is 0 Å². The minimum absolute atomic E-state index is 0.195. The van der Waals surface area contributed by atoms with Gasteiger partial charge >= 0.3 is 5.97 Å². The number of aromatic nitrogens is 5. The van der Waals surface area contributed by atoms with Crippen molar-refractivity contribution in [1.82, 2.24) is 25.1 Å². The number of aryl methyl sites for hydroxylation is 1. The SMILES string of the molecule is Cc1nc(Sc2ncnc3cc(C(=O)O)ccc23)n[nH]1. The van der Waals surface area contributed by atoms with Crippen molar-refractivity contribution in [1.29, 1.82) is 0 Å². The molecule has 2 aromatic heterocycles. The average Bonchev–Trinajstić information content (AvgIpc) is 2.84. The van der Waals surface area contributed by atoms with Crippen LogP contribution in [0.15, 0.2) is 34.7 Å². The van der Waals surface area contributed by atoms with Gasteiger partial charge in [0.25, 0.3) is 0 Å². The van der Waals surface area contributed by atoms with E-state index in [1.54, 1.807) is 6.07 Å². The Morgan fingerprint density at radius 1 is 1.35 bits per heavy atom. The van der Waals surface area contributed by atoms with Gasteiger partial charge in [0, 0.05) is 5.39 Å². The van der Waals surface area contributed by atoms with Gasteiger partial charge in [0.1, 0.15) is 17.2 Å². The van der Waals surface area contributed by atoms with E-state index in [0.29, 0.717) is 15.7 Å². The minimum Gasteiger partial charge on any atom is -0.478 e. The van der Waals surface area contributed by atoms with Crippen LogP contribution < -0.4 is 0 Å². The van der Waals surface area contributed by atoms with Crippen LogP contribution in [0.3, 0.4) is 0 Å². The molecule has 8 heteroatoms. The summed E-state index contributed by atoms with van der Waals surface area (Å²) >= 11 is 1.30. The highest BCUT2D eigenvalue weighted by atomic mass is 32.2. The van der Waals surface area contributed by atoms with E-state index in [0.717, 1.165) is 11.2 Å². The Hall–Kier alpha value is -2.48. The van der Waals surface area contributed by atoms with E-state index >= 15 is 0 Å². The van der Waals surface area contributed by atoms with E-state index in [9.17, 15) is 4.79 Å². The lowest BCUT2D eigenvalue weighted by Crippen LogP contribution is -1.97. The van der Waals surface area contributed by atoms with Crippen molar-refractivity contribution in [3.8, 4) is 0 Å². The van der Waals surface area contributed by atoms with Crippen molar-refractivity contribution in [2.24, 2.45) is 0 Å². The monoisotopic (exact) mass is 287 g/mol. The lowest BCUT2D eigenvalue weighted by Gasteiger charge is -2.03. The number of carbonyl (C=O) groups is 1. The second-order valence-corrected chi connectivity index (χ2v) is 4.98. The summed E-state index contributed by atoms with van der Waals surface area (Å²) in [4.78, 5) is 23.4. The first-order chi connectivity index (χ1) is 9.63. The molecule has 0 unspecified atom stereocenters. The molecule has 0 fully saturated rings. The number of H-pyrrole nitrogens is 1. The summed E-state index contributed by atoms with van der Waals surface area (Å²) in [5, 5.41) is 17.8. The number of hydrogen-bond acceptors (Lipinski definition) is 6. The number of aromatic carboxylic acids is 1. The summed E-state index contributed by atoms with van der Waals surface area (Å²) in [6, 6.07) is 4.74. The van der Waals surface area contributed by atoms with Crippen molar-refractivity contribution in [2.75, 3.05) is 0 Å². The number of hydrogen-bond donors (Lipinski definition) is 2. The van der Waals surface area contributed by atoms with Crippen LogP contribution in [0, 0.1) is 6.92 Å². The van der Waals surface area contributed by atoms with E-state index in [1.165, 1.54) is 30.2 Å². The minimum atomic E-state index is -0.982.